The standard InChI is InChI=1S/C8H13Ge.3C8H18N.Zr/c1-9(2,3)8-6-4-5-7-8;3*1-7(2,3)9-8(4,5)6;/h4-7H,1-3H3;3*1-6H3;/q4*-1;+4. The summed E-state index contributed by atoms with van der Waals surface area (Å²) in [5, 5.41) is 13.6. The Bertz CT molecular complexity index is 563. The first-order chi connectivity index (χ1) is 15.2. The Hall–Kier alpha value is 0.656. The Morgan fingerprint density at radius 1 is 0.405 bits per heavy atom. The molecule has 0 unspecified atom stereocenters. The summed E-state index contributed by atoms with van der Waals surface area (Å²) in [6, 6.07) is 8.76. The summed E-state index contributed by atoms with van der Waals surface area (Å²) in [6.45, 7) is 38.2. The van der Waals surface area contributed by atoms with Gasteiger partial charge in [0.25, 0.3) is 0 Å². The molecule has 0 fully saturated rings. The van der Waals surface area contributed by atoms with Crippen molar-refractivity contribution in [1.29, 1.82) is 0 Å². The first-order valence-corrected chi connectivity index (χ1v) is 21.0. The molecule has 0 aliphatic carbocycles. The summed E-state index contributed by atoms with van der Waals surface area (Å²) in [4.78, 5) is 0. The van der Waals surface area contributed by atoms with Crippen molar-refractivity contribution in [2.45, 2.75) is 175 Å². The van der Waals surface area contributed by atoms with Gasteiger partial charge in [0.05, 0.1) is 0 Å². The van der Waals surface area contributed by atoms with Gasteiger partial charge in [-0.05, 0) is 0 Å². The molecule has 0 saturated heterocycles. The van der Waals surface area contributed by atoms with Crippen LogP contribution in [0.2, 0.25) is 17.3 Å². The summed E-state index contributed by atoms with van der Waals surface area (Å²) in [5.74, 6) is 7.24. The van der Waals surface area contributed by atoms with E-state index in [9.17, 15) is 0 Å². The van der Waals surface area contributed by atoms with Crippen molar-refractivity contribution >= 4 is 17.7 Å². The molecule has 0 aliphatic heterocycles. The van der Waals surface area contributed by atoms with Gasteiger partial charge in [-0.25, -0.2) is 0 Å². The van der Waals surface area contributed by atoms with Gasteiger partial charge in [0.1, 0.15) is 0 Å². The molecule has 0 amide bonds. The Labute approximate surface area is 257 Å². The molecule has 218 valence electrons. The van der Waals surface area contributed by atoms with Crippen LogP contribution in [0.1, 0.15) is 125 Å². The third kappa shape index (κ3) is 43.9. The molecule has 1 aromatic rings. The van der Waals surface area contributed by atoms with E-state index >= 15 is 0 Å². The molecule has 0 heterocycles. The molecule has 1 rings (SSSR count). The topological polar surface area (TPSA) is 42.3 Å². The van der Waals surface area contributed by atoms with Gasteiger partial charge in [0.15, 0.2) is 0 Å². The van der Waals surface area contributed by atoms with Crippen molar-refractivity contribution in [3.05, 3.63) is 40.2 Å². The second kappa shape index (κ2) is 16.8. The van der Waals surface area contributed by atoms with Gasteiger partial charge < -0.3 is 16.0 Å². The van der Waals surface area contributed by atoms with E-state index < -0.39 is 13.3 Å². The minimum absolute atomic E-state index is 0. The minimum atomic E-state index is -1.44. The van der Waals surface area contributed by atoms with Crippen LogP contribution < -0.4 is 4.40 Å². The normalized spacial score (nSPS) is 13.1. The molecule has 0 saturated carbocycles. The van der Waals surface area contributed by atoms with E-state index in [1.807, 2.05) is 0 Å². The van der Waals surface area contributed by atoms with E-state index in [-0.39, 0.29) is 59.4 Å². The van der Waals surface area contributed by atoms with Crippen LogP contribution >= 0.6 is 0 Å². The van der Waals surface area contributed by atoms with E-state index in [1.165, 1.54) is 0 Å². The average Bonchev–Trinajstić information content (AvgIpc) is 2.89. The smallest absolute Gasteiger partial charge is 4.00 e. The zero-order valence-electron chi connectivity index (χ0n) is 29.2. The summed E-state index contributed by atoms with van der Waals surface area (Å²) in [5.41, 5.74) is 0.656. The first-order valence-electron chi connectivity index (χ1n) is 13.7. The Morgan fingerprint density at radius 2 is 0.568 bits per heavy atom. The van der Waals surface area contributed by atoms with Crippen LogP contribution in [0, 0.1) is 0 Å². The van der Waals surface area contributed by atoms with Crippen LogP contribution in [-0.4, -0.2) is 46.5 Å². The van der Waals surface area contributed by atoms with Crippen LogP contribution in [0.3, 0.4) is 0 Å². The molecule has 0 aliphatic rings. The summed E-state index contributed by atoms with van der Waals surface area (Å²) in [6.07, 6.45) is 0. The van der Waals surface area contributed by atoms with Crippen LogP contribution in [0.5, 0.6) is 0 Å². The fourth-order valence-corrected chi connectivity index (χ4v) is 6.39. The first kappa shape index (κ1) is 44.7. The predicted molar refractivity (Wildman–Crippen MR) is 174 cm³/mol. The van der Waals surface area contributed by atoms with E-state index in [0.717, 1.165) is 0 Å². The number of hydrogen-bond acceptors (Lipinski definition) is 0. The number of nitrogens with zero attached hydrogens (tertiary/aromatic N) is 3. The molecule has 37 heavy (non-hydrogen) atoms. The van der Waals surface area contributed by atoms with Gasteiger partial charge in [-0.1, -0.05) is 125 Å². The van der Waals surface area contributed by atoms with Gasteiger partial charge in [-0.3, -0.25) is 0 Å². The molecule has 0 radical (unpaired) electrons. The maximum absolute atomic E-state index is 4.54. The Kier molecular flexibility index (Phi) is 20.3. The van der Waals surface area contributed by atoms with Gasteiger partial charge in [-0.15, -0.1) is 33.2 Å². The number of rotatable bonds is 1. The van der Waals surface area contributed by atoms with E-state index in [1.54, 1.807) is 4.40 Å². The molecule has 0 aromatic heterocycles. The third-order valence-corrected chi connectivity index (χ3v) is 7.87. The summed E-state index contributed by atoms with van der Waals surface area (Å²) >= 11 is -1.44. The Balaban J connectivity index is -0.000000194. The molecule has 0 N–H and O–H groups in total. The van der Waals surface area contributed by atoms with Gasteiger partial charge in [-0.2, -0.15) is 0 Å². The van der Waals surface area contributed by atoms with Crippen LogP contribution in [0.25, 0.3) is 16.0 Å². The van der Waals surface area contributed by atoms with E-state index in [2.05, 4.69) is 182 Å². The largest absolute Gasteiger partial charge is 4.00 e. The zero-order valence-corrected chi connectivity index (χ0v) is 33.7. The van der Waals surface area contributed by atoms with Crippen molar-refractivity contribution in [1.82, 2.24) is 0 Å². The van der Waals surface area contributed by atoms with Crippen LogP contribution in [0.15, 0.2) is 24.3 Å². The Morgan fingerprint density at radius 3 is 0.622 bits per heavy atom. The van der Waals surface area contributed by atoms with Crippen LogP contribution in [-0.2, 0) is 26.2 Å². The molecular formula is C32H67GeN3Zr. The maximum Gasteiger partial charge on any atom is 4.00 e. The van der Waals surface area contributed by atoms with Crippen molar-refractivity contribution in [2.24, 2.45) is 0 Å². The summed E-state index contributed by atoms with van der Waals surface area (Å²) in [7, 11) is 0. The molecule has 0 atom stereocenters. The predicted octanol–water partition coefficient (Wildman–Crippen LogP) is 10.8. The van der Waals surface area contributed by atoms with Crippen molar-refractivity contribution in [3.63, 3.8) is 0 Å². The molecule has 0 bridgehead atoms. The molecule has 0 spiro atoms. The second-order valence-electron chi connectivity index (χ2n) is 16.8. The maximum atomic E-state index is 4.54. The van der Waals surface area contributed by atoms with Crippen molar-refractivity contribution in [3.8, 4) is 0 Å². The van der Waals surface area contributed by atoms with E-state index in [4.69, 9.17) is 0 Å². The molecular weight excluding hydrogens is 590 g/mol. The third-order valence-electron chi connectivity index (χ3n) is 3.54. The minimum Gasteiger partial charge on any atom is 4.00 e. The van der Waals surface area contributed by atoms with E-state index in [0.29, 0.717) is 0 Å². The van der Waals surface area contributed by atoms with Crippen LogP contribution in [0.4, 0.5) is 0 Å². The van der Waals surface area contributed by atoms with Gasteiger partial charge in [0.2, 0.25) is 0 Å². The number of hydrogen-bond donors (Lipinski definition) is 0. The van der Waals surface area contributed by atoms with Gasteiger partial charge >= 0.3 is 85.4 Å². The van der Waals surface area contributed by atoms with Crippen molar-refractivity contribution in [2.75, 3.05) is 0 Å². The average molecular weight is 658 g/mol. The second-order valence-corrected chi connectivity index (χ2v) is 27.4. The SMILES string of the molecule is CC(C)(C)[N-]C(C)(C)C.CC(C)(C)[N-]C(C)(C)C.CC(C)(C)[N-]C(C)(C)C.[CH3][Ge]([CH3])([CH3])[c-]1cccc1.[Zr+4]. The monoisotopic (exact) mass is 657 g/mol. The van der Waals surface area contributed by atoms with Crippen molar-refractivity contribution < 1.29 is 26.2 Å². The quantitative estimate of drug-likeness (QED) is 0.213. The molecule has 5 heteroatoms. The molecule has 3 nitrogen and oxygen atoms in total. The zero-order chi connectivity index (χ0) is 30.0. The van der Waals surface area contributed by atoms with Gasteiger partial charge in [0, 0.05) is 0 Å². The fraction of sp³-hybridized carbons (Fsp3) is 0.844. The summed E-state index contributed by atoms with van der Waals surface area (Å²) < 4.78 is 1.61. The molecule has 1 aromatic carbocycles. The fourth-order valence-electron chi connectivity index (χ4n) is 3.89.